The van der Waals surface area contributed by atoms with Crippen LogP contribution in [0.2, 0.25) is 0 Å². The van der Waals surface area contributed by atoms with Crippen molar-refractivity contribution in [1.82, 2.24) is 9.71 Å². The second kappa shape index (κ2) is 6.69. The number of hydrogen-bond donors (Lipinski definition) is 2. The molecule has 0 atom stereocenters. The summed E-state index contributed by atoms with van der Waals surface area (Å²) < 4.78 is 27.4. The average molecular weight is 305 g/mol. The zero-order valence-corrected chi connectivity index (χ0v) is 12.9. The molecule has 0 unspecified atom stereocenters. The predicted molar refractivity (Wildman–Crippen MR) is 83.6 cm³/mol. The molecular formula is C15H19N3O2S. The number of hydrogen-bond acceptors (Lipinski definition) is 4. The quantitative estimate of drug-likeness (QED) is 0.858. The van der Waals surface area contributed by atoms with Crippen LogP contribution in [-0.4, -0.2) is 20.4 Å². The van der Waals surface area contributed by atoms with Gasteiger partial charge >= 0.3 is 0 Å². The van der Waals surface area contributed by atoms with E-state index in [1.165, 1.54) is 6.07 Å². The van der Waals surface area contributed by atoms with E-state index in [0.29, 0.717) is 5.82 Å². The molecule has 2 N–H and O–H groups in total. The highest BCUT2D eigenvalue weighted by molar-refractivity contribution is 7.89. The van der Waals surface area contributed by atoms with Gasteiger partial charge in [0.2, 0.25) is 10.0 Å². The summed E-state index contributed by atoms with van der Waals surface area (Å²) in [6.07, 6.45) is 2.42. The van der Waals surface area contributed by atoms with E-state index in [4.69, 9.17) is 0 Å². The van der Waals surface area contributed by atoms with Crippen LogP contribution in [0.15, 0.2) is 47.5 Å². The van der Waals surface area contributed by atoms with E-state index in [2.05, 4.69) is 15.0 Å². The minimum absolute atomic E-state index is 0.154. The Hall–Kier alpha value is -1.92. The fourth-order valence-corrected chi connectivity index (χ4v) is 3.29. The Morgan fingerprint density at radius 1 is 1.10 bits per heavy atom. The number of nitrogens with zero attached hydrogens (tertiary/aromatic N) is 1. The maximum Gasteiger partial charge on any atom is 0.244 e. The van der Waals surface area contributed by atoms with Crippen LogP contribution < -0.4 is 10.0 Å². The third-order valence-corrected chi connectivity index (χ3v) is 4.68. The van der Waals surface area contributed by atoms with Gasteiger partial charge in [0.25, 0.3) is 0 Å². The summed E-state index contributed by atoms with van der Waals surface area (Å²) in [7, 11) is -1.95. The number of rotatable bonds is 6. The molecule has 0 aliphatic heterocycles. The van der Waals surface area contributed by atoms with E-state index in [0.717, 1.165) is 17.5 Å². The van der Waals surface area contributed by atoms with Gasteiger partial charge in [-0.3, -0.25) is 0 Å². The van der Waals surface area contributed by atoms with Crippen molar-refractivity contribution in [1.29, 1.82) is 0 Å². The number of pyridine rings is 1. The Labute approximate surface area is 125 Å². The Kier molecular flexibility index (Phi) is 4.93. The van der Waals surface area contributed by atoms with Gasteiger partial charge in [-0.05, 0) is 29.7 Å². The van der Waals surface area contributed by atoms with Crippen LogP contribution in [0.25, 0.3) is 0 Å². The lowest BCUT2D eigenvalue weighted by Crippen LogP contribution is -2.24. The van der Waals surface area contributed by atoms with Gasteiger partial charge in [0.15, 0.2) is 0 Å². The van der Waals surface area contributed by atoms with Crippen LogP contribution in [0.3, 0.4) is 0 Å². The first-order valence-electron chi connectivity index (χ1n) is 6.77. The van der Waals surface area contributed by atoms with E-state index >= 15 is 0 Å². The van der Waals surface area contributed by atoms with Crippen LogP contribution in [0.1, 0.15) is 18.1 Å². The van der Waals surface area contributed by atoms with Crippen molar-refractivity contribution in [3.05, 3.63) is 53.7 Å². The van der Waals surface area contributed by atoms with E-state index in [1.54, 1.807) is 19.3 Å². The Bertz CT molecular complexity index is 714. The largest absolute Gasteiger partial charge is 0.372 e. The molecule has 6 heteroatoms. The van der Waals surface area contributed by atoms with Crippen LogP contribution in [-0.2, 0) is 23.0 Å². The monoisotopic (exact) mass is 305 g/mol. The molecule has 0 aliphatic rings. The van der Waals surface area contributed by atoms with E-state index < -0.39 is 10.0 Å². The molecule has 0 fully saturated rings. The Morgan fingerprint density at radius 3 is 2.48 bits per heavy atom. The van der Waals surface area contributed by atoms with Gasteiger partial charge in [0, 0.05) is 19.8 Å². The van der Waals surface area contributed by atoms with Gasteiger partial charge in [0.05, 0.1) is 0 Å². The molecule has 2 rings (SSSR count). The van der Waals surface area contributed by atoms with Gasteiger partial charge < -0.3 is 5.32 Å². The molecule has 2 aromatic rings. The molecule has 0 bridgehead atoms. The molecule has 5 nitrogen and oxygen atoms in total. The van der Waals surface area contributed by atoms with Gasteiger partial charge in [-0.2, -0.15) is 0 Å². The summed E-state index contributed by atoms with van der Waals surface area (Å²) in [5.41, 5.74) is 2.12. The topological polar surface area (TPSA) is 71.1 Å². The fourth-order valence-electron chi connectivity index (χ4n) is 2.12. The first kappa shape index (κ1) is 15.5. The Balaban J connectivity index is 2.22. The predicted octanol–water partition coefficient (Wildman–Crippen LogP) is 2.16. The molecule has 21 heavy (non-hydrogen) atoms. The SMILES string of the molecule is CCc1ccccc1CNS(=O)(=O)c1cccnc1NC. The molecule has 0 aliphatic carbocycles. The summed E-state index contributed by atoms with van der Waals surface area (Å²) in [6.45, 7) is 2.32. The van der Waals surface area contributed by atoms with Crippen LogP contribution in [0, 0.1) is 0 Å². The lowest BCUT2D eigenvalue weighted by molar-refractivity contribution is 0.581. The molecule has 0 amide bonds. The van der Waals surface area contributed by atoms with E-state index in [1.807, 2.05) is 31.2 Å². The minimum Gasteiger partial charge on any atom is -0.372 e. The van der Waals surface area contributed by atoms with Crippen molar-refractivity contribution in [3.8, 4) is 0 Å². The molecule has 1 aromatic heterocycles. The van der Waals surface area contributed by atoms with Gasteiger partial charge in [0.1, 0.15) is 10.7 Å². The van der Waals surface area contributed by atoms with Crippen LogP contribution in [0.4, 0.5) is 5.82 Å². The van der Waals surface area contributed by atoms with Crippen LogP contribution in [0.5, 0.6) is 0 Å². The van der Waals surface area contributed by atoms with Crippen molar-refractivity contribution in [2.75, 3.05) is 12.4 Å². The molecule has 0 spiro atoms. The third kappa shape index (κ3) is 3.59. The molecule has 0 saturated heterocycles. The molecule has 0 saturated carbocycles. The summed E-state index contributed by atoms with van der Waals surface area (Å²) in [6, 6.07) is 10.9. The van der Waals surface area contributed by atoms with Crippen molar-refractivity contribution in [2.24, 2.45) is 0 Å². The molecule has 0 radical (unpaired) electrons. The van der Waals surface area contributed by atoms with Crippen LogP contribution >= 0.6 is 0 Å². The molecule has 1 aromatic carbocycles. The number of aryl methyl sites for hydroxylation is 1. The number of anilines is 1. The maximum absolute atomic E-state index is 12.4. The Morgan fingerprint density at radius 2 is 1.81 bits per heavy atom. The number of sulfonamides is 1. The molecule has 112 valence electrons. The van der Waals surface area contributed by atoms with E-state index in [9.17, 15) is 8.42 Å². The normalized spacial score (nSPS) is 11.3. The first-order valence-corrected chi connectivity index (χ1v) is 8.26. The minimum atomic E-state index is -3.60. The summed E-state index contributed by atoms with van der Waals surface area (Å²) in [5.74, 6) is 0.341. The fraction of sp³-hybridized carbons (Fsp3) is 0.267. The van der Waals surface area contributed by atoms with Gasteiger partial charge in [-0.25, -0.2) is 18.1 Å². The smallest absolute Gasteiger partial charge is 0.244 e. The van der Waals surface area contributed by atoms with Gasteiger partial charge in [-0.15, -0.1) is 0 Å². The van der Waals surface area contributed by atoms with Crippen molar-refractivity contribution in [3.63, 3.8) is 0 Å². The lowest BCUT2D eigenvalue weighted by atomic mass is 10.1. The third-order valence-electron chi connectivity index (χ3n) is 3.25. The summed E-state index contributed by atoms with van der Waals surface area (Å²) >= 11 is 0. The standard InChI is InChI=1S/C15H19N3O2S/c1-3-12-7-4-5-8-13(12)11-18-21(19,20)14-9-6-10-17-15(14)16-2/h4-10,18H,3,11H2,1-2H3,(H,16,17). The summed E-state index contributed by atoms with van der Waals surface area (Å²) in [5, 5.41) is 2.79. The molecule has 1 heterocycles. The zero-order chi connectivity index (χ0) is 15.3. The van der Waals surface area contributed by atoms with Crippen molar-refractivity contribution < 1.29 is 8.42 Å². The highest BCUT2D eigenvalue weighted by atomic mass is 32.2. The number of nitrogens with one attached hydrogen (secondary N) is 2. The average Bonchev–Trinajstić information content (AvgIpc) is 2.53. The first-order chi connectivity index (χ1) is 10.1. The highest BCUT2D eigenvalue weighted by Gasteiger charge is 2.18. The highest BCUT2D eigenvalue weighted by Crippen LogP contribution is 2.18. The van der Waals surface area contributed by atoms with E-state index in [-0.39, 0.29) is 11.4 Å². The lowest BCUT2D eigenvalue weighted by Gasteiger charge is -2.12. The van der Waals surface area contributed by atoms with Crippen molar-refractivity contribution >= 4 is 15.8 Å². The maximum atomic E-state index is 12.4. The second-order valence-corrected chi connectivity index (χ2v) is 6.28. The second-order valence-electron chi connectivity index (χ2n) is 4.55. The van der Waals surface area contributed by atoms with Gasteiger partial charge in [-0.1, -0.05) is 31.2 Å². The number of aromatic nitrogens is 1. The van der Waals surface area contributed by atoms with Crippen molar-refractivity contribution in [2.45, 2.75) is 24.8 Å². The number of benzene rings is 1. The summed E-state index contributed by atoms with van der Waals surface area (Å²) in [4.78, 5) is 4.18. The zero-order valence-electron chi connectivity index (χ0n) is 12.1. The molecular weight excluding hydrogens is 286 g/mol.